The van der Waals surface area contributed by atoms with Crippen LogP contribution in [0.15, 0.2) is 6.33 Å². The van der Waals surface area contributed by atoms with Crippen molar-refractivity contribution in [2.45, 2.75) is 31.8 Å². The summed E-state index contributed by atoms with van der Waals surface area (Å²) in [5.74, 6) is -0.826. The molecule has 3 rings (SSSR count). The van der Waals surface area contributed by atoms with E-state index < -0.39 is 24.5 Å². The second-order valence-electron chi connectivity index (χ2n) is 4.89. The summed E-state index contributed by atoms with van der Waals surface area (Å²) >= 11 is 0. The molecular formula is C12H14FN5O4. The Labute approximate surface area is 123 Å². The van der Waals surface area contributed by atoms with Crippen molar-refractivity contribution < 1.29 is 23.8 Å². The van der Waals surface area contributed by atoms with E-state index in [-0.39, 0.29) is 36.0 Å². The molecule has 3 heterocycles. The largest absolute Gasteiger partial charge is 0.405 e. The molecule has 22 heavy (non-hydrogen) atoms. The molecule has 0 bridgehead atoms. The van der Waals surface area contributed by atoms with E-state index in [0.29, 0.717) is 0 Å². The van der Waals surface area contributed by atoms with Gasteiger partial charge in [0.25, 0.3) is 5.88 Å². The zero-order chi connectivity index (χ0) is 15.9. The smallest absolute Gasteiger partial charge is 0.309 e. The summed E-state index contributed by atoms with van der Waals surface area (Å²) in [6, 6.07) is 0. The summed E-state index contributed by atoms with van der Waals surface area (Å²) in [6.45, 7) is 0.935. The lowest BCUT2D eigenvalue weighted by atomic mass is 10.2. The lowest BCUT2D eigenvalue weighted by Gasteiger charge is -2.15. The topological polar surface area (TPSA) is 125 Å². The van der Waals surface area contributed by atoms with E-state index in [1.54, 1.807) is 0 Å². The number of carbonyl (C=O) groups is 1. The van der Waals surface area contributed by atoms with Crippen molar-refractivity contribution in [3.63, 3.8) is 0 Å². The van der Waals surface area contributed by atoms with Crippen LogP contribution in [0.4, 0.5) is 10.3 Å². The third kappa shape index (κ3) is 2.46. The molecule has 10 heteroatoms. The highest BCUT2D eigenvalue weighted by Crippen LogP contribution is 2.34. The number of aliphatic hydroxyl groups excluding tert-OH is 1. The van der Waals surface area contributed by atoms with Gasteiger partial charge >= 0.3 is 5.97 Å². The van der Waals surface area contributed by atoms with Gasteiger partial charge in [-0.25, -0.2) is 9.37 Å². The highest BCUT2D eigenvalue weighted by Gasteiger charge is 2.37. The van der Waals surface area contributed by atoms with E-state index in [9.17, 15) is 9.18 Å². The van der Waals surface area contributed by atoms with Crippen LogP contribution in [-0.4, -0.2) is 49.5 Å². The van der Waals surface area contributed by atoms with Crippen LogP contribution >= 0.6 is 0 Å². The van der Waals surface area contributed by atoms with Gasteiger partial charge in [-0.15, -0.1) is 0 Å². The maximum atomic E-state index is 14.1. The molecule has 0 aliphatic carbocycles. The molecule has 1 aliphatic heterocycles. The highest BCUT2D eigenvalue weighted by molar-refractivity contribution is 5.81. The summed E-state index contributed by atoms with van der Waals surface area (Å²) in [5.41, 5.74) is 5.95. The number of anilines is 1. The van der Waals surface area contributed by atoms with Crippen LogP contribution in [-0.2, 0) is 9.53 Å². The Balaban J connectivity index is 2.05. The quantitative estimate of drug-likeness (QED) is 0.756. The minimum Gasteiger partial charge on any atom is -0.405 e. The Kier molecular flexibility index (Phi) is 3.62. The van der Waals surface area contributed by atoms with Crippen LogP contribution in [0.3, 0.4) is 0 Å². The Morgan fingerprint density at radius 3 is 3.05 bits per heavy atom. The van der Waals surface area contributed by atoms with Crippen molar-refractivity contribution in [3.8, 4) is 5.88 Å². The van der Waals surface area contributed by atoms with E-state index in [1.165, 1.54) is 17.8 Å². The van der Waals surface area contributed by atoms with Crippen LogP contribution in [0.5, 0.6) is 5.88 Å². The standard InChI is InChI=1S/C12H14FN5O4/c1-5(20)21-10-8-9(16-12(14)17-10)18(4-15-8)11-7(13)2-6(3-19)22-11/h4,6-7,11,19H,2-3H2,1H3,(H2,14,16,17)/t6-,7+,11+/m0/s1. The van der Waals surface area contributed by atoms with Crippen LogP contribution in [0.2, 0.25) is 0 Å². The van der Waals surface area contributed by atoms with E-state index in [2.05, 4.69) is 15.0 Å². The number of aromatic nitrogens is 4. The van der Waals surface area contributed by atoms with Gasteiger partial charge in [-0.1, -0.05) is 0 Å². The molecule has 0 saturated carbocycles. The molecular weight excluding hydrogens is 297 g/mol. The number of ether oxygens (including phenoxy) is 2. The number of nitrogen functional groups attached to an aromatic ring is 1. The fourth-order valence-corrected chi connectivity index (χ4v) is 2.36. The molecule has 2 aromatic heterocycles. The van der Waals surface area contributed by atoms with Crippen LogP contribution in [0.1, 0.15) is 19.6 Å². The zero-order valence-electron chi connectivity index (χ0n) is 11.6. The Morgan fingerprint density at radius 1 is 1.64 bits per heavy atom. The van der Waals surface area contributed by atoms with Gasteiger partial charge in [0.05, 0.1) is 19.0 Å². The van der Waals surface area contributed by atoms with Crippen molar-refractivity contribution >= 4 is 23.1 Å². The van der Waals surface area contributed by atoms with Crippen molar-refractivity contribution in [1.29, 1.82) is 0 Å². The van der Waals surface area contributed by atoms with Gasteiger partial charge in [-0.2, -0.15) is 9.97 Å². The summed E-state index contributed by atoms with van der Waals surface area (Å²) in [5, 5.41) is 9.08. The molecule has 0 spiro atoms. The number of hydrogen-bond acceptors (Lipinski definition) is 8. The molecule has 0 amide bonds. The van der Waals surface area contributed by atoms with E-state index in [4.69, 9.17) is 20.3 Å². The van der Waals surface area contributed by atoms with Crippen LogP contribution in [0, 0.1) is 0 Å². The Bertz CT molecular complexity index is 721. The Morgan fingerprint density at radius 2 is 2.41 bits per heavy atom. The number of nitrogens with two attached hydrogens (primary N) is 1. The monoisotopic (exact) mass is 311 g/mol. The first kappa shape index (κ1) is 14.6. The number of fused-ring (bicyclic) bond motifs is 1. The highest BCUT2D eigenvalue weighted by atomic mass is 19.1. The molecule has 9 nitrogen and oxygen atoms in total. The van der Waals surface area contributed by atoms with E-state index >= 15 is 0 Å². The number of hydrogen-bond donors (Lipinski definition) is 2. The number of carbonyl (C=O) groups excluding carboxylic acids is 1. The molecule has 3 N–H and O–H groups in total. The summed E-state index contributed by atoms with van der Waals surface area (Å²) in [6.07, 6.45) is -1.53. The van der Waals surface area contributed by atoms with Crippen molar-refractivity contribution in [1.82, 2.24) is 19.5 Å². The van der Waals surface area contributed by atoms with Crippen molar-refractivity contribution in [3.05, 3.63) is 6.33 Å². The van der Waals surface area contributed by atoms with Gasteiger partial charge in [0.15, 0.2) is 17.4 Å². The number of imidazole rings is 1. The molecule has 1 saturated heterocycles. The van der Waals surface area contributed by atoms with Crippen LogP contribution < -0.4 is 10.5 Å². The van der Waals surface area contributed by atoms with Gasteiger partial charge in [-0.05, 0) is 0 Å². The second-order valence-corrected chi connectivity index (χ2v) is 4.89. The first-order valence-electron chi connectivity index (χ1n) is 6.58. The molecule has 0 radical (unpaired) electrons. The van der Waals surface area contributed by atoms with Gasteiger partial charge in [0, 0.05) is 13.3 Å². The van der Waals surface area contributed by atoms with Crippen molar-refractivity contribution in [2.75, 3.05) is 12.3 Å². The molecule has 118 valence electrons. The minimum absolute atomic E-state index is 0.0677. The fraction of sp³-hybridized carbons (Fsp3) is 0.500. The number of nitrogens with zero attached hydrogens (tertiary/aromatic N) is 4. The summed E-state index contributed by atoms with van der Waals surface area (Å²) < 4.78 is 25.8. The molecule has 3 atom stereocenters. The molecule has 0 aromatic carbocycles. The summed E-state index contributed by atoms with van der Waals surface area (Å²) in [4.78, 5) is 22.9. The number of esters is 1. The first-order valence-corrected chi connectivity index (χ1v) is 6.58. The maximum absolute atomic E-state index is 14.1. The minimum atomic E-state index is -1.33. The van der Waals surface area contributed by atoms with Crippen molar-refractivity contribution in [2.24, 2.45) is 0 Å². The predicted molar refractivity (Wildman–Crippen MR) is 71.6 cm³/mol. The van der Waals surface area contributed by atoms with E-state index in [1.807, 2.05) is 0 Å². The number of aliphatic hydroxyl groups is 1. The SMILES string of the molecule is CC(=O)Oc1nc(N)nc2c1ncn2[C@@H]1O[C@H](CO)C[C@H]1F. The third-order valence-electron chi connectivity index (χ3n) is 3.25. The second kappa shape index (κ2) is 5.46. The van der Waals surface area contributed by atoms with Gasteiger partial charge < -0.3 is 20.3 Å². The van der Waals surface area contributed by atoms with E-state index in [0.717, 1.165) is 0 Å². The average molecular weight is 311 g/mol. The Hall–Kier alpha value is -2.33. The molecule has 1 fully saturated rings. The van der Waals surface area contributed by atoms with Gasteiger partial charge in [-0.3, -0.25) is 9.36 Å². The fourth-order valence-electron chi connectivity index (χ4n) is 2.36. The number of alkyl halides is 1. The van der Waals surface area contributed by atoms with Gasteiger partial charge in [0.1, 0.15) is 6.17 Å². The number of rotatable bonds is 3. The lowest BCUT2D eigenvalue weighted by molar-refractivity contribution is -0.132. The van der Waals surface area contributed by atoms with Gasteiger partial charge in [0.2, 0.25) is 5.95 Å². The normalized spacial score (nSPS) is 24.8. The molecule has 2 aromatic rings. The lowest BCUT2D eigenvalue weighted by Crippen LogP contribution is -2.17. The zero-order valence-corrected chi connectivity index (χ0v) is 11.6. The van der Waals surface area contributed by atoms with Crippen LogP contribution in [0.25, 0.3) is 11.2 Å². The number of halogens is 1. The summed E-state index contributed by atoms with van der Waals surface area (Å²) in [7, 11) is 0. The predicted octanol–water partition coefficient (Wildman–Crippen LogP) is -0.0483. The molecule has 1 aliphatic rings. The first-order chi connectivity index (χ1) is 10.5. The average Bonchev–Trinajstić information content (AvgIpc) is 3.01. The molecule has 0 unspecified atom stereocenters. The maximum Gasteiger partial charge on any atom is 0.309 e. The third-order valence-corrected chi connectivity index (χ3v) is 3.25.